The van der Waals surface area contributed by atoms with Gasteiger partial charge in [0.15, 0.2) is 0 Å². The van der Waals surface area contributed by atoms with Gasteiger partial charge >= 0.3 is 169 Å². The van der Waals surface area contributed by atoms with Crippen molar-refractivity contribution in [3.8, 4) is 0 Å². The van der Waals surface area contributed by atoms with Crippen molar-refractivity contribution in [2.75, 3.05) is 0 Å². The summed E-state index contributed by atoms with van der Waals surface area (Å²) in [5.74, 6) is 0. The Morgan fingerprint density at radius 1 is 0.320 bits per heavy atom. The van der Waals surface area contributed by atoms with Crippen LogP contribution < -0.4 is 0 Å². The fourth-order valence-electron chi connectivity index (χ4n) is 3.84. The number of hydrogen-bond donors (Lipinski definition) is 0. The molecule has 0 saturated carbocycles. The van der Waals surface area contributed by atoms with Crippen molar-refractivity contribution in [1.29, 1.82) is 0 Å². The summed E-state index contributed by atoms with van der Waals surface area (Å²) in [5, 5.41) is 0. The van der Waals surface area contributed by atoms with E-state index in [2.05, 4.69) is 20.8 Å². The van der Waals surface area contributed by atoms with Crippen molar-refractivity contribution >= 4 is 19.8 Å². The molecule has 0 nitrogen and oxygen atoms in total. The Hall–Kier alpha value is 0.799. The molecule has 0 aromatic heterocycles. The fourth-order valence-corrected chi connectivity index (χ4v) is 12.4. The molecular weight excluding hydrogens is 407 g/mol. The van der Waals surface area contributed by atoms with E-state index >= 15 is 0 Å². The molecule has 0 bridgehead atoms. The predicted molar refractivity (Wildman–Crippen MR) is 120 cm³/mol. The molecule has 0 atom stereocenters. The molecule has 1 heteroatoms. The zero-order chi connectivity index (χ0) is 18.4. The molecule has 0 spiro atoms. The fraction of sp³-hybridized carbons (Fsp3) is 1.00. The van der Waals surface area contributed by atoms with Gasteiger partial charge in [0, 0.05) is 0 Å². The number of hydrogen-bond acceptors (Lipinski definition) is 0. The van der Waals surface area contributed by atoms with E-state index in [9.17, 15) is 0 Å². The molecule has 0 rings (SSSR count). The second kappa shape index (κ2) is 22.8. The van der Waals surface area contributed by atoms with E-state index in [-0.39, 0.29) is 0 Å². The summed E-state index contributed by atoms with van der Waals surface area (Å²) in [6.45, 7) is 6.98. The molecule has 0 amide bonds. The third kappa shape index (κ3) is 21.0. The summed E-state index contributed by atoms with van der Waals surface area (Å²) < 4.78 is 5.16. The van der Waals surface area contributed by atoms with Crippen LogP contribution in [-0.4, -0.2) is 19.8 Å². The van der Waals surface area contributed by atoms with Gasteiger partial charge in [0.1, 0.15) is 0 Å². The topological polar surface area (TPSA) is 0 Å². The van der Waals surface area contributed by atoms with E-state index in [0.717, 1.165) is 0 Å². The Morgan fingerprint density at radius 2 is 0.560 bits per heavy atom. The van der Waals surface area contributed by atoms with E-state index < -0.39 is 19.8 Å². The zero-order valence-corrected chi connectivity index (χ0v) is 21.2. The van der Waals surface area contributed by atoms with Crippen LogP contribution in [0.3, 0.4) is 0 Å². The molecule has 0 aliphatic heterocycles. The van der Waals surface area contributed by atoms with Crippen molar-refractivity contribution in [2.24, 2.45) is 0 Å². The second-order valence-electron chi connectivity index (χ2n) is 8.30. The first-order valence-corrected chi connectivity index (χ1v) is 18.2. The van der Waals surface area contributed by atoms with Gasteiger partial charge in [0.25, 0.3) is 0 Å². The molecule has 25 heavy (non-hydrogen) atoms. The van der Waals surface area contributed by atoms with Gasteiger partial charge in [-0.15, -0.1) is 0 Å². The molecular formula is C24H51Sn. The monoisotopic (exact) mass is 459 g/mol. The average Bonchev–Trinajstić information content (AvgIpc) is 2.63. The van der Waals surface area contributed by atoms with Crippen LogP contribution in [0.2, 0.25) is 13.3 Å². The molecule has 0 aromatic rings. The second-order valence-corrected chi connectivity index (χ2v) is 16.9. The minimum absolute atomic E-state index is 1.02. The molecule has 0 N–H and O–H groups in total. The first-order chi connectivity index (χ1) is 12.3. The number of rotatable bonds is 21. The summed E-state index contributed by atoms with van der Waals surface area (Å²) in [6, 6.07) is 0. The summed E-state index contributed by atoms with van der Waals surface area (Å²) in [7, 11) is 0. The van der Waals surface area contributed by atoms with E-state index in [1.54, 1.807) is 32.6 Å². The molecule has 0 saturated heterocycles. The van der Waals surface area contributed by atoms with Crippen molar-refractivity contribution < 1.29 is 0 Å². The molecule has 151 valence electrons. The van der Waals surface area contributed by atoms with Crippen LogP contribution in [-0.2, 0) is 0 Å². The maximum atomic E-state index is 2.33. The van der Waals surface area contributed by atoms with Gasteiger partial charge in [-0.1, -0.05) is 0 Å². The van der Waals surface area contributed by atoms with Crippen molar-refractivity contribution in [1.82, 2.24) is 0 Å². The first kappa shape index (κ1) is 25.8. The molecule has 1 radical (unpaired) electrons. The summed E-state index contributed by atoms with van der Waals surface area (Å²) in [6.07, 6.45) is 26.9. The predicted octanol–water partition coefficient (Wildman–Crippen LogP) is 9.56. The van der Waals surface area contributed by atoms with Crippen LogP contribution >= 0.6 is 0 Å². The zero-order valence-electron chi connectivity index (χ0n) is 18.3. The quantitative estimate of drug-likeness (QED) is 0.119. The van der Waals surface area contributed by atoms with Crippen LogP contribution in [0.15, 0.2) is 0 Å². The third-order valence-electron chi connectivity index (χ3n) is 5.65. The third-order valence-corrected chi connectivity index (χ3v) is 14.7. The van der Waals surface area contributed by atoms with Crippen LogP contribution in [0.4, 0.5) is 0 Å². The van der Waals surface area contributed by atoms with Crippen molar-refractivity contribution in [3.63, 3.8) is 0 Å². The van der Waals surface area contributed by atoms with E-state index in [0.29, 0.717) is 0 Å². The van der Waals surface area contributed by atoms with Crippen LogP contribution in [0.5, 0.6) is 0 Å². The molecule has 0 fully saturated rings. The Balaban J connectivity index is 3.76. The van der Waals surface area contributed by atoms with Crippen molar-refractivity contribution in [2.45, 2.75) is 150 Å². The Morgan fingerprint density at radius 3 is 0.840 bits per heavy atom. The minimum atomic E-state index is -1.02. The van der Waals surface area contributed by atoms with Gasteiger partial charge in [-0.2, -0.15) is 0 Å². The molecule has 0 heterocycles. The molecule has 0 aromatic carbocycles. The van der Waals surface area contributed by atoms with Gasteiger partial charge in [-0.05, 0) is 0 Å². The molecule has 0 unspecified atom stereocenters. The van der Waals surface area contributed by atoms with Gasteiger partial charge in [0.2, 0.25) is 0 Å². The Labute approximate surface area is 169 Å². The van der Waals surface area contributed by atoms with Gasteiger partial charge in [0.05, 0.1) is 0 Å². The van der Waals surface area contributed by atoms with E-state index in [1.807, 2.05) is 0 Å². The summed E-state index contributed by atoms with van der Waals surface area (Å²) in [4.78, 5) is 0. The summed E-state index contributed by atoms with van der Waals surface area (Å²) >= 11 is -1.02. The van der Waals surface area contributed by atoms with Gasteiger partial charge < -0.3 is 0 Å². The normalized spacial score (nSPS) is 11.5. The van der Waals surface area contributed by atoms with Crippen molar-refractivity contribution in [3.05, 3.63) is 0 Å². The maximum absolute atomic E-state index is 2.33. The first-order valence-electron chi connectivity index (χ1n) is 12.2. The summed E-state index contributed by atoms with van der Waals surface area (Å²) in [5.41, 5.74) is 0. The molecule has 0 aliphatic carbocycles. The van der Waals surface area contributed by atoms with E-state index in [4.69, 9.17) is 0 Å². The van der Waals surface area contributed by atoms with Gasteiger partial charge in [-0.3, -0.25) is 0 Å². The Bertz CT molecular complexity index is 188. The van der Waals surface area contributed by atoms with Crippen LogP contribution in [0.25, 0.3) is 0 Å². The van der Waals surface area contributed by atoms with Gasteiger partial charge in [-0.25, -0.2) is 0 Å². The standard InChI is InChI=1S/3C8H17.Sn/c3*1-3-5-7-8-6-4-2;/h3*1,3-8H2,2H3;. The molecule has 0 aliphatic rings. The Kier molecular flexibility index (Phi) is 23.6. The van der Waals surface area contributed by atoms with Crippen LogP contribution in [0, 0.1) is 0 Å². The SMILES string of the molecule is CCCCCCC[CH2][Sn]([CH2]CCCCCCC)[CH2]CCCCCCC. The number of unbranched alkanes of at least 4 members (excludes halogenated alkanes) is 15. The average molecular weight is 458 g/mol. The van der Waals surface area contributed by atoms with Crippen LogP contribution in [0.1, 0.15) is 136 Å². The van der Waals surface area contributed by atoms with E-state index in [1.165, 1.54) is 96.3 Å².